The first-order valence-corrected chi connectivity index (χ1v) is 14.8. The minimum Gasteiger partial charge on any atom is -0.496 e. The molecular formula is C25H26BrN3O6S2. The maximum absolute atomic E-state index is 13.2. The van der Waals surface area contributed by atoms with E-state index in [1.54, 1.807) is 0 Å². The highest BCUT2D eigenvalue weighted by Crippen LogP contribution is 2.28. The number of thiazole rings is 1. The summed E-state index contributed by atoms with van der Waals surface area (Å²) in [4.78, 5) is 29.6. The fraction of sp³-hybridized carbons (Fsp3) is 0.320. The third-order valence-electron chi connectivity index (χ3n) is 5.80. The molecule has 196 valence electrons. The third kappa shape index (κ3) is 6.75. The van der Waals surface area contributed by atoms with Crippen molar-refractivity contribution < 1.29 is 27.5 Å². The fourth-order valence-electron chi connectivity index (χ4n) is 3.91. The van der Waals surface area contributed by atoms with Crippen molar-refractivity contribution in [1.29, 1.82) is 0 Å². The van der Waals surface area contributed by atoms with Crippen molar-refractivity contribution in [3.63, 3.8) is 0 Å². The third-order valence-corrected chi connectivity index (χ3v) is 8.94. The van der Waals surface area contributed by atoms with E-state index in [2.05, 4.69) is 26.2 Å². The number of anilines is 1. The van der Waals surface area contributed by atoms with Crippen molar-refractivity contribution in [3.8, 4) is 17.0 Å². The minimum atomic E-state index is -3.78. The van der Waals surface area contributed by atoms with Crippen molar-refractivity contribution in [2.45, 2.75) is 30.6 Å². The summed E-state index contributed by atoms with van der Waals surface area (Å²) in [6.07, 6.45) is 3.56. The van der Waals surface area contributed by atoms with Gasteiger partial charge in [0.2, 0.25) is 10.0 Å². The number of hydrogen-bond donors (Lipinski definition) is 1. The molecule has 1 aliphatic rings. The number of nitrogens with one attached hydrogen (secondary N) is 1. The maximum atomic E-state index is 13.2. The van der Waals surface area contributed by atoms with E-state index in [-0.39, 0.29) is 16.2 Å². The smallest absolute Gasteiger partial charge is 0.342 e. The Balaban J connectivity index is 1.42. The first kappa shape index (κ1) is 27.2. The molecule has 0 spiro atoms. The van der Waals surface area contributed by atoms with E-state index < -0.39 is 28.5 Å². The van der Waals surface area contributed by atoms with Gasteiger partial charge < -0.3 is 9.47 Å². The van der Waals surface area contributed by atoms with Crippen LogP contribution in [0.5, 0.6) is 5.75 Å². The standard InChI is InChI=1S/C25H26BrN3O6S2/c1-34-22-10-9-19(37(32,33)29-11-4-2-3-5-12-29)14-20(22)24(31)35-15-23(30)28-25-27-21(16-36-25)17-7-6-8-18(26)13-17/h6-10,13-14,16H,2-5,11-12,15H2,1H3,(H,27,28,30). The summed E-state index contributed by atoms with van der Waals surface area (Å²) in [6, 6.07) is 11.7. The molecule has 1 aromatic heterocycles. The quantitative estimate of drug-likeness (QED) is 0.361. The number of carbonyl (C=O) groups is 2. The molecule has 37 heavy (non-hydrogen) atoms. The molecule has 1 fully saturated rings. The number of methoxy groups -OCH3 is 1. The number of hydrogen-bond acceptors (Lipinski definition) is 8. The highest BCUT2D eigenvalue weighted by molar-refractivity contribution is 9.10. The number of rotatable bonds is 8. The van der Waals surface area contributed by atoms with Crippen LogP contribution in [-0.2, 0) is 19.6 Å². The molecule has 12 heteroatoms. The number of nitrogens with zero attached hydrogens (tertiary/aromatic N) is 2. The monoisotopic (exact) mass is 607 g/mol. The van der Waals surface area contributed by atoms with Crippen molar-refractivity contribution in [2.24, 2.45) is 0 Å². The normalized spacial score (nSPS) is 14.5. The predicted octanol–water partition coefficient (Wildman–Crippen LogP) is 4.94. The number of amides is 1. The van der Waals surface area contributed by atoms with E-state index in [0.29, 0.717) is 23.9 Å². The second-order valence-corrected chi connectivity index (χ2v) is 12.1. The lowest BCUT2D eigenvalue weighted by molar-refractivity contribution is -0.119. The lowest BCUT2D eigenvalue weighted by Crippen LogP contribution is -2.32. The summed E-state index contributed by atoms with van der Waals surface area (Å²) in [5, 5.41) is 4.78. The topological polar surface area (TPSA) is 115 Å². The molecule has 0 unspecified atom stereocenters. The van der Waals surface area contributed by atoms with Crippen LogP contribution >= 0.6 is 27.3 Å². The molecule has 1 N–H and O–H groups in total. The number of halogens is 1. The summed E-state index contributed by atoms with van der Waals surface area (Å²) >= 11 is 4.67. The van der Waals surface area contributed by atoms with Gasteiger partial charge in [-0.2, -0.15) is 4.31 Å². The molecule has 1 saturated heterocycles. The lowest BCUT2D eigenvalue weighted by Gasteiger charge is -2.20. The Hall–Kier alpha value is -2.80. The van der Waals surface area contributed by atoms with Gasteiger partial charge in [0.25, 0.3) is 5.91 Å². The molecule has 0 radical (unpaired) electrons. The maximum Gasteiger partial charge on any atom is 0.342 e. The number of ether oxygens (including phenoxy) is 2. The van der Waals surface area contributed by atoms with E-state index in [9.17, 15) is 18.0 Å². The van der Waals surface area contributed by atoms with Crippen LogP contribution in [0.4, 0.5) is 5.13 Å². The van der Waals surface area contributed by atoms with Crippen LogP contribution in [0.15, 0.2) is 57.2 Å². The molecule has 0 atom stereocenters. The fourth-order valence-corrected chi connectivity index (χ4v) is 6.59. The van der Waals surface area contributed by atoms with Crippen molar-refractivity contribution in [2.75, 3.05) is 32.1 Å². The minimum absolute atomic E-state index is 0.0190. The Bertz CT molecular complexity index is 1380. The average Bonchev–Trinajstić information content (AvgIpc) is 3.17. The van der Waals surface area contributed by atoms with Gasteiger partial charge in [0.05, 0.1) is 17.7 Å². The van der Waals surface area contributed by atoms with Gasteiger partial charge in [-0.1, -0.05) is 40.9 Å². The van der Waals surface area contributed by atoms with Crippen molar-refractivity contribution >= 4 is 54.3 Å². The van der Waals surface area contributed by atoms with E-state index in [0.717, 1.165) is 35.7 Å². The van der Waals surface area contributed by atoms with E-state index in [1.807, 2.05) is 29.6 Å². The van der Waals surface area contributed by atoms with E-state index >= 15 is 0 Å². The number of esters is 1. The van der Waals surface area contributed by atoms with Crippen molar-refractivity contribution in [1.82, 2.24) is 9.29 Å². The highest BCUT2D eigenvalue weighted by atomic mass is 79.9. The van der Waals surface area contributed by atoms with Gasteiger partial charge in [-0.3, -0.25) is 10.1 Å². The van der Waals surface area contributed by atoms with E-state index in [4.69, 9.17) is 9.47 Å². The van der Waals surface area contributed by atoms with Crippen LogP contribution in [0.3, 0.4) is 0 Å². The SMILES string of the molecule is COc1ccc(S(=O)(=O)N2CCCCCC2)cc1C(=O)OCC(=O)Nc1nc(-c2cccc(Br)c2)cs1. The summed E-state index contributed by atoms with van der Waals surface area (Å²) < 4.78 is 39.1. The zero-order valence-corrected chi connectivity index (χ0v) is 23.3. The highest BCUT2D eigenvalue weighted by Gasteiger charge is 2.27. The first-order chi connectivity index (χ1) is 17.8. The van der Waals surface area contributed by atoms with Crippen LogP contribution < -0.4 is 10.1 Å². The summed E-state index contributed by atoms with van der Waals surface area (Å²) in [6.45, 7) is 0.305. The number of aromatic nitrogens is 1. The summed E-state index contributed by atoms with van der Waals surface area (Å²) in [7, 11) is -2.41. The number of carbonyl (C=O) groups excluding carboxylic acids is 2. The molecule has 2 heterocycles. The molecule has 3 aromatic rings. The Morgan fingerprint density at radius 1 is 1.11 bits per heavy atom. The van der Waals surface area contributed by atoms with Crippen LogP contribution in [0.2, 0.25) is 0 Å². The molecule has 1 amide bonds. The second-order valence-electron chi connectivity index (χ2n) is 8.35. The van der Waals surface area contributed by atoms with Crippen LogP contribution in [0, 0.1) is 0 Å². The molecule has 0 bridgehead atoms. The van der Waals surface area contributed by atoms with Crippen LogP contribution in [0.25, 0.3) is 11.3 Å². The first-order valence-electron chi connectivity index (χ1n) is 11.6. The lowest BCUT2D eigenvalue weighted by atomic mass is 10.2. The van der Waals surface area contributed by atoms with Gasteiger partial charge in [0, 0.05) is 28.5 Å². The Labute approximate surface area is 228 Å². The Morgan fingerprint density at radius 2 is 1.86 bits per heavy atom. The zero-order chi connectivity index (χ0) is 26.4. The average molecular weight is 609 g/mol. The van der Waals surface area contributed by atoms with Gasteiger partial charge in [-0.05, 0) is 43.2 Å². The Kier molecular flexibility index (Phi) is 8.95. The second kappa shape index (κ2) is 12.2. The molecule has 4 rings (SSSR count). The van der Waals surface area contributed by atoms with Crippen LogP contribution in [0.1, 0.15) is 36.0 Å². The largest absolute Gasteiger partial charge is 0.496 e. The van der Waals surface area contributed by atoms with Gasteiger partial charge in [-0.15, -0.1) is 11.3 Å². The van der Waals surface area contributed by atoms with Crippen LogP contribution in [-0.4, -0.2) is 56.4 Å². The molecule has 0 saturated carbocycles. The molecule has 2 aromatic carbocycles. The summed E-state index contributed by atoms with van der Waals surface area (Å²) in [5.74, 6) is -1.29. The molecular weight excluding hydrogens is 582 g/mol. The molecule has 1 aliphatic heterocycles. The summed E-state index contributed by atoms with van der Waals surface area (Å²) in [5.41, 5.74) is 1.52. The van der Waals surface area contributed by atoms with Gasteiger partial charge in [-0.25, -0.2) is 18.2 Å². The molecule has 0 aliphatic carbocycles. The number of benzene rings is 2. The van der Waals surface area contributed by atoms with Crippen molar-refractivity contribution in [3.05, 3.63) is 57.9 Å². The number of sulfonamides is 1. The van der Waals surface area contributed by atoms with Gasteiger partial charge >= 0.3 is 5.97 Å². The predicted molar refractivity (Wildman–Crippen MR) is 144 cm³/mol. The van der Waals surface area contributed by atoms with Gasteiger partial charge in [0.15, 0.2) is 11.7 Å². The van der Waals surface area contributed by atoms with E-state index in [1.165, 1.54) is 41.0 Å². The Morgan fingerprint density at radius 3 is 2.57 bits per heavy atom. The molecule has 9 nitrogen and oxygen atoms in total. The zero-order valence-electron chi connectivity index (χ0n) is 20.1. The van der Waals surface area contributed by atoms with Gasteiger partial charge in [0.1, 0.15) is 11.3 Å².